The maximum Gasteiger partial charge on any atom is 0.227 e. The van der Waals surface area contributed by atoms with Crippen LogP contribution in [0, 0.1) is 17.7 Å². The number of carbonyl (C=O) groups is 1. The summed E-state index contributed by atoms with van der Waals surface area (Å²) in [5, 5.41) is 6.25. The number of ether oxygens (including phenoxy) is 1. The topological polar surface area (TPSA) is 63.2 Å². The molecule has 2 bridgehead atoms. The Morgan fingerprint density at radius 3 is 2.79 bits per heavy atom. The molecule has 148 valence electrons. The lowest BCUT2D eigenvalue weighted by Crippen LogP contribution is -2.48. The molecule has 2 aliphatic rings. The van der Waals surface area contributed by atoms with Gasteiger partial charge in [0.25, 0.3) is 0 Å². The largest absolute Gasteiger partial charge is 0.495 e. The van der Waals surface area contributed by atoms with Gasteiger partial charge in [-0.05, 0) is 31.4 Å². The summed E-state index contributed by atoms with van der Waals surface area (Å²) in [6.45, 7) is 0. The fraction of sp³-hybridized carbons (Fsp3) is 0.368. The standard InChI is InChI=1S/C19H17Cl2F2N3O2/c1-28-16-7-24-18(23)10-4-9-2-8(3-15(25-9)17(10)16)19(27)26-14-6-12(21)11(20)5-13(14)22/h5-9,15,25H,2-4H2,1H3,(H,26,27)/t8?,9-,15+/m0/s1. The van der Waals surface area contributed by atoms with Crippen molar-refractivity contribution in [1.82, 2.24) is 10.3 Å². The van der Waals surface area contributed by atoms with Crippen LogP contribution in [0.3, 0.4) is 0 Å². The zero-order valence-electron chi connectivity index (χ0n) is 14.9. The Labute approximate surface area is 170 Å². The average Bonchev–Trinajstić information content (AvgIpc) is 2.66. The molecule has 0 radical (unpaired) electrons. The van der Waals surface area contributed by atoms with Gasteiger partial charge in [-0.1, -0.05) is 23.2 Å². The first-order valence-corrected chi connectivity index (χ1v) is 9.55. The molecule has 0 aliphatic carbocycles. The summed E-state index contributed by atoms with van der Waals surface area (Å²) in [4.78, 5) is 16.5. The molecule has 4 rings (SSSR count). The van der Waals surface area contributed by atoms with Crippen molar-refractivity contribution in [3.8, 4) is 5.75 Å². The van der Waals surface area contributed by atoms with Gasteiger partial charge in [0.15, 0.2) is 0 Å². The first-order valence-electron chi connectivity index (χ1n) is 8.80. The molecule has 1 aromatic heterocycles. The molecule has 2 aliphatic heterocycles. The van der Waals surface area contributed by atoms with Crippen LogP contribution in [0.25, 0.3) is 0 Å². The van der Waals surface area contributed by atoms with Gasteiger partial charge in [-0.2, -0.15) is 4.39 Å². The van der Waals surface area contributed by atoms with Gasteiger partial charge in [-0.15, -0.1) is 0 Å². The number of rotatable bonds is 3. The van der Waals surface area contributed by atoms with E-state index in [1.54, 1.807) is 0 Å². The zero-order chi connectivity index (χ0) is 20.0. The number of aromatic nitrogens is 1. The van der Waals surface area contributed by atoms with E-state index in [0.717, 1.165) is 6.07 Å². The van der Waals surface area contributed by atoms with E-state index in [4.69, 9.17) is 27.9 Å². The highest BCUT2D eigenvalue weighted by atomic mass is 35.5. The van der Waals surface area contributed by atoms with Gasteiger partial charge >= 0.3 is 0 Å². The van der Waals surface area contributed by atoms with Crippen molar-refractivity contribution in [2.45, 2.75) is 31.3 Å². The van der Waals surface area contributed by atoms with Crippen molar-refractivity contribution in [3.63, 3.8) is 0 Å². The van der Waals surface area contributed by atoms with E-state index in [-0.39, 0.29) is 39.6 Å². The minimum atomic E-state index is -0.656. The third kappa shape index (κ3) is 3.43. The normalized spacial score (nSPS) is 23.1. The summed E-state index contributed by atoms with van der Waals surface area (Å²) in [6, 6.07) is 2.03. The Bertz CT molecular complexity index is 957. The number of fused-ring (bicyclic) bond motifs is 4. The van der Waals surface area contributed by atoms with Crippen LogP contribution >= 0.6 is 23.2 Å². The van der Waals surface area contributed by atoms with Crippen LogP contribution in [0.15, 0.2) is 18.3 Å². The molecule has 1 saturated heterocycles. The molecule has 0 saturated carbocycles. The van der Waals surface area contributed by atoms with Crippen LogP contribution in [0.5, 0.6) is 5.75 Å². The first kappa shape index (κ1) is 19.4. The van der Waals surface area contributed by atoms with Crippen molar-refractivity contribution in [1.29, 1.82) is 0 Å². The van der Waals surface area contributed by atoms with Crippen molar-refractivity contribution in [2.24, 2.45) is 5.92 Å². The van der Waals surface area contributed by atoms with Gasteiger partial charge in [-0.3, -0.25) is 4.79 Å². The number of nitrogens with zero attached hydrogens (tertiary/aromatic N) is 1. The van der Waals surface area contributed by atoms with E-state index in [1.807, 2.05) is 0 Å². The quantitative estimate of drug-likeness (QED) is 0.566. The number of anilines is 1. The highest BCUT2D eigenvalue weighted by Crippen LogP contribution is 2.42. The summed E-state index contributed by atoms with van der Waals surface area (Å²) in [6.07, 6.45) is 2.69. The maximum absolute atomic E-state index is 14.2. The second-order valence-electron chi connectivity index (χ2n) is 7.03. The van der Waals surface area contributed by atoms with Crippen molar-refractivity contribution in [3.05, 3.63) is 51.3 Å². The molecule has 3 heterocycles. The number of hydrogen-bond acceptors (Lipinski definition) is 4. The number of hydrogen-bond donors (Lipinski definition) is 2. The second kappa shape index (κ2) is 7.46. The SMILES string of the molecule is COc1cnc(F)c2c1[C@H]1CC(C(=O)Nc3cc(Cl)c(Cl)cc3F)C[C@@H](C2)N1. The number of carbonyl (C=O) groups excluding carboxylic acids is 1. The van der Waals surface area contributed by atoms with Crippen LogP contribution in [-0.4, -0.2) is 24.0 Å². The van der Waals surface area contributed by atoms with Gasteiger partial charge in [0, 0.05) is 29.1 Å². The third-order valence-corrected chi connectivity index (χ3v) is 6.04. The van der Waals surface area contributed by atoms with Crippen LogP contribution in [0.1, 0.15) is 30.0 Å². The third-order valence-electron chi connectivity index (χ3n) is 5.32. The molecular formula is C19H17Cl2F2N3O2. The Hall–Kier alpha value is -1.96. The number of benzene rings is 1. The van der Waals surface area contributed by atoms with E-state index >= 15 is 0 Å². The minimum Gasteiger partial charge on any atom is -0.495 e. The molecule has 2 N–H and O–H groups in total. The lowest BCUT2D eigenvalue weighted by molar-refractivity contribution is -0.121. The van der Waals surface area contributed by atoms with Crippen molar-refractivity contribution >= 4 is 34.8 Å². The van der Waals surface area contributed by atoms with Crippen LogP contribution in [0.4, 0.5) is 14.5 Å². The molecule has 9 heteroatoms. The molecule has 5 nitrogen and oxygen atoms in total. The highest BCUT2D eigenvalue weighted by molar-refractivity contribution is 6.42. The van der Waals surface area contributed by atoms with Gasteiger partial charge in [-0.25, -0.2) is 9.37 Å². The predicted octanol–water partition coefficient (Wildman–Crippen LogP) is 4.28. The molecule has 28 heavy (non-hydrogen) atoms. The summed E-state index contributed by atoms with van der Waals surface area (Å²) in [7, 11) is 1.50. The molecule has 2 aromatic rings. The van der Waals surface area contributed by atoms with Crippen LogP contribution < -0.4 is 15.4 Å². The van der Waals surface area contributed by atoms with E-state index in [1.165, 1.54) is 19.4 Å². The number of methoxy groups -OCH3 is 1. The van der Waals surface area contributed by atoms with Crippen molar-refractivity contribution < 1.29 is 18.3 Å². The number of piperidine rings is 1. The Balaban J connectivity index is 1.57. The molecule has 1 amide bonds. The smallest absolute Gasteiger partial charge is 0.227 e. The Morgan fingerprint density at radius 2 is 2.04 bits per heavy atom. The Morgan fingerprint density at radius 1 is 1.29 bits per heavy atom. The van der Waals surface area contributed by atoms with Gasteiger partial charge in [0.1, 0.15) is 11.6 Å². The molecular weight excluding hydrogens is 411 g/mol. The number of pyridine rings is 1. The van der Waals surface area contributed by atoms with E-state index in [0.29, 0.717) is 36.1 Å². The maximum atomic E-state index is 14.2. The fourth-order valence-corrected chi connectivity index (χ4v) is 4.38. The minimum absolute atomic E-state index is 0.0173. The van der Waals surface area contributed by atoms with Crippen LogP contribution in [-0.2, 0) is 11.2 Å². The Kier molecular flexibility index (Phi) is 5.16. The van der Waals surface area contributed by atoms with E-state index in [2.05, 4.69) is 15.6 Å². The molecule has 3 atom stereocenters. The lowest BCUT2D eigenvalue weighted by atomic mass is 9.77. The lowest BCUT2D eigenvalue weighted by Gasteiger charge is -2.41. The van der Waals surface area contributed by atoms with E-state index in [9.17, 15) is 13.6 Å². The first-order chi connectivity index (χ1) is 13.4. The zero-order valence-corrected chi connectivity index (χ0v) is 16.4. The molecule has 1 unspecified atom stereocenters. The van der Waals surface area contributed by atoms with Crippen molar-refractivity contribution in [2.75, 3.05) is 12.4 Å². The summed E-state index contributed by atoms with van der Waals surface area (Å²) in [5.74, 6) is -1.36. The number of halogens is 4. The predicted molar refractivity (Wildman–Crippen MR) is 102 cm³/mol. The summed E-state index contributed by atoms with van der Waals surface area (Å²) < 4.78 is 33.7. The monoisotopic (exact) mass is 427 g/mol. The highest BCUT2D eigenvalue weighted by Gasteiger charge is 2.40. The van der Waals surface area contributed by atoms with E-state index < -0.39 is 11.8 Å². The number of amides is 1. The average molecular weight is 428 g/mol. The van der Waals surface area contributed by atoms with Gasteiger partial charge < -0.3 is 15.4 Å². The summed E-state index contributed by atoms with van der Waals surface area (Å²) in [5.41, 5.74) is 1.21. The second-order valence-corrected chi connectivity index (χ2v) is 7.85. The number of nitrogens with one attached hydrogen (secondary N) is 2. The van der Waals surface area contributed by atoms with Gasteiger partial charge in [0.05, 0.1) is 29.0 Å². The van der Waals surface area contributed by atoms with Crippen LogP contribution in [0.2, 0.25) is 10.0 Å². The molecule has 0 spiro atoms. The molecule has 1 fully saturated rings. The molecule has 1 aromatic carbocycles. The van der Waals surface area contributed by atoms with Gasteiger partial charge in [0.2, 0.25) is 11.9 Å². The summed E-state index contributed by atoms with van der Waals surface area (Å²) >= 11 is 11.7. The fourth-order valence-electron chi connectivity index (χ4n) is 4.06.